The summed E-state index contributed by atoms with van der Waals surface area (Å²) in [5.74, 6) is 1.06. The third-order valence-electron chi connectivity index (χ3n) is 6.15. The number of hydrogen-bond donors (Lipinski definition) is 1. The zero-order valence-corrected chi connectivity index (χ0v) is 17.8. The number of halogens is 1. The van der Waals surface area contributed by atoms with Gasteiger partial charge in [0.25, 0.3) is 0 Å². The van der Waals surface area contributed by atoms with Crippen molar-refractivity contribution < 1.29 is 13.9 Å². The van der Waals surface area contributed by atoms with Crippen molar-refractivity contribution in [2.45, 2.75) is 37.6 Å². The van der Waals surface area contributed by atoms with Gasteiger partial charge in [-0.25, -0.2) is 4.39 Å². The number of furan rings is 1. The first kappa shape index (κ1) is 20.7. The zero-order valence-electron chi connectivity index (χ0n) is 17.8. The smallest absolute Gasteiger partial charge is 0.173 e. The minimum atomic E-state index is -1.39. The van der Waals surface area contributed by atoms with E-state index in [1.54, 1.807) is 6.07 Å². The lowest BCUT2D eigenvalue weighted by molar-refractivity contribution is 0.0949. The van der Waals surface area contributed by atoms with E-state index in [1.807, 2.05) is 84.9 Å². The van der Waals surface area contributed by atoms with Crippen LogP contribution in [0.2, 0.25) is 0 Å². The molecule has 0 saturated heterocycles. The van der Waals surface area contributed by atoms with Gasteiger partial charge in [-0.2, -0.15) is 0 Å². The molecule has 1 saturated carbocycles. The number of nitrogens with zero attached hydrogens (tertiary/aromatic N) is 1. The molecule has 1 aliphatic rings. The molecule has 0 aliphatic heterocycles. The Morgan fingerprint density at radius 2 is 1.38 bits per heavy atom. The summed E-state index contributed by atoms with van der Waals surface area (Å²) in [5, 5.41) is 11.9. The third-order valence-corrected chi connectivity index (χ3v) is 6.15. The maximum atomic E-state index is 14.2. The quantitative estimate of drug-likeness (QED) is 0.382. The fourth-order valence-corrected chi connectivity index (χ4v) is 4.27. The molecule has 0 unspecified atom stereocenters. The van der Waals surface area contributed by atoms with E-state index < -0.39 is 5.60 Å². The lowest BCUT2D eigenvalue weighted by Gasteiger charge is -2.27. The van der Waals surface area contributed by atoms with Gasteiger partial charge in [0.15, 0.2) is 5.60 Å². The summed E-state index contributed by atoms with van der Waals surface area (Å²) in [5.41, 5.74) is 0.794. The summed E-state index contributed by atoms with van der Waals surface area (Å²) in [6.45, 7) is 1.10. The Labute approximate surface area is 187 Å². The number of rotatable bonds is 8. The lowest BCUT2D eigenvalue weighted by atomic mass is 9.84. The fraction of sp³-hybridized carbons (Fsp3) is 0.214. The highest BCUT2D eigenvalue weighted by molar-refractivity contribution is 5.43. The molecular formula is C28H26FNO2. The van der Waals surface area contributed by atoms with E-state index in [0.717, 1.165) is 29.7 Å². The Kier molecular flexibility index (Phi) is 5.64. The van der Waals surface area contributed by atoms with Crippen LogP contribution in [0.15, 0.2) is 101 Å². The van der Waals surface area contributed by atoms with Crippen molar-refractivity contribution in [3.8, 4) is 0 Å². The topological polar surface area (TPSA) is 36.6 Å². The molecule has 162 valence electrons. The van der Waals surface area contributed by atoms with Crippen LogP contribution in [0.3, 0.4) is 0 Å². The molecule has 0 bridgehead atoms. The van der Waals surface area contributed by atoms with Crippen LogP contribution in [0, 0.1) is 5.82 Å². The molecule has 32 heavy (non-hydrogen) atoms. The van der Waals surface area contributed by atoms with E-state index in [1.165, 1.54) is 6.07 Å². The SMILES string of the molecule is OC(c1ccccc1)(c1ccccc1)c1ccc(CN(Cc2ccccc2F)C2CC2)o1. The first-order chi connectivity index (χ1) is 15.6. The Morgan fingerprint density at radius 1 is 0.781 bits per heavy atom. The van der Waals surface area contributed by atoms with E-state index in [2.05, 4.69) is 4.90 Å². The summed E-state index contributed by atoms with van der Waals surface area (Å²) in [6, 6.07) is 30.3. The molecule has 0 amide bonds. The Bertz CT molecular complexity index is 1130. The predicted molar refractivity (Wildman–Crippen MR) is 122 cm³/mol. The van der Waals surface area contributed by atoms with Gasteiger partial charge in [-0.05, 0) is 42.2 Å². The second kappa shape index (κ2) is 8.73. The number of benzene rings is 3. The average Bonchev–Trinajstić information content (AvgIpc) is 3.59. The van der Waals surface area contributed by atoms with Gasteiger partial charge in [-0.1, -0.05) is 78.9 Å². The third kappa shape index (κ3) is 4.12. The molecule has 1 N–H and O–H groups in total. The maximum absolute atomic E-state index is 14.2. The van der Waals surface area contributed by atoms with Gasteiger partial charge in [-0.15, -0.1) is 0 Å². The molecule has 0 radical (unpaired) electrons. The molecular weight excluding hydrogens is 401 g/mol. The van der Waals surface area contributed by atoms with E-state index in [9.17, 15) is 9.50 Å². The van der Waals surface area contributed by atoms with Crippen molar-refractivity contribution in [2.24, 2.45) is 0 Å². The maximum Gasteiger partial charge on any atom is 0.173 e. The van der Waals surface area contributed by atoms with Crippen LogP contribution in [0.5, 0.6) is 0 Å². The summed E-state index contributed by atoms with van der Waals surface area (Å²) in [6.07, 6.45) is 2.22. The van der Waals surface area contributed by atoms with Gasteiger partial charge in [0.2, 0.25) is 0 Å². The molecule has 0 atom stereocenters. The van der Waals surface area contributed by atoms with Crippen molar-refractivity contribution in [3.63, 3.8) is 0 Å². The highest BCUT2D eigenvalue weighted by Crippen LogP contribution is 2.38. The largest absolute Gasteiger partial charge is 0.461 e. The van der Waals surface area contributed by atoms with Crippen LogP contribution in [0.1, 0.15) is 41.1 Å². The van der Waals surface area contributed by atoms with Crippen molar-refractivity contribution >= 4 is 0 Å². The Balaban J connectivity index is 1.45. The van der Waals surface area contributed by atoms with Gasteiger partial charge >= 0.3 is 0 Å². The van der Waals surface area contributed by atoms with Crippen LogP contribution in [-0.2, 0) is 18.7 Å². The lowest BCUT2D eigenvalue weighted by Crippen LogP contribution is -2.28. The standard InChI is InChI=1S/C28H26FNO2/c29-26-14-8-7-9-21(26)19-30(24-15-16-24)20-25-17-18-27(32-25)28(31,22-10-3-1-4-11-22)23-12-5-2-6-13-23/h1-14,17-18,24,31H,15-16,19-20H2. The van der Waals surface area contributed by atoms with E-state index in [4.69, 9.17) is 4.42 Å². The van der Waals surface area contributed by atoms with Gasteiger partial charge in [0, 0.05) is 18.2 Å². The zero-order chi connectivity index (χ0) is 22.0. The monoisotopic (exact) mass is 427 g/mol. The highest BCUT2D eigenvalue weighted by Gasteiger charge is 2.37. The summed E-state index contributed by atoms with van der Waals surface area (Å²) >= 11 is 0. The second-order valence-electron chi connectivity index (χ2n) is 8.44. The summed E-state index contributed by atoms with van der Waals surface area (Å²) in [4.78, 5) is 2.26. The second-order valence-corrected chi connectivity index (χ2v) is 8.44. The van der Waals surface area contributed by atoms with Crippen LogP contribution in [0.4, 0.5) is 4.39 Å². The van der Waals surface area contributed by atoms with Gasteiger partial charge in [-0.3, -0.25) is 4.90 Å². The highest BCUT2D eigenvalue weighted by atomic mass is 19.1. The van der Waals surface area contributed by atoms with Crippen molar-refractivity contribution in [2.75, 3.05) is 0 Å². The van der Waals surface area contributed by atoms with Crippen molar-refractivity contribution in [1.82, 2.24) is 4.90 Å². The molecule has 4 aromatic rings. The Morgan fingerprint density at radius 3 is 1.97 bits per heavy atom. The van der Waals surface area contributed by atoms with Gasteiger partial charge in [0.05, 0.1) is 6.54 Å². The van der Waals surface area contributed by atoms with Crippen LogP contribution in [0.25, 0.3) is 0 Å². The molecule has 1 aromatic heterocycles. The van der Waals surface area contributed by atoms with Crippen LogP contribution in [-0.4, -0.2) is 16.0 Å². The summed E-state index contributed by atoms with van der Waals surface area (Å²) in [7, 11) is 0. The van der Waals surface area contributed by atoms with Gasteiger partial charge in [0.1, 0.15) is 17.3 Å². The molecule has 0 spiro atoms. The molecule has 1 fully saturated rings. The minimum absolute atomic E-state index is 0.180. The van der Waals surface area contributed by atoms with Crippen molar-refractivity contribution in [1.29, 1.82) is 0 Å². The molecule has 3 aromatic carbocycles. The molecule has 5 rings (SSSR count). The summed E-state index contributed by atoms with van der Waals surface area (Å²) < 4.78 is 20.5. The first-order valence-electron chi connectivity index (χ1n) is 11.0. The molecule has 4 heteroatoms. The Hall–Kier alpha value is -3.21. The van der Waals surface area contributed by atoms with Crippen molar-refractivity contribution in [3.05, 3.63) is 131 Å². The normalized spacial score (nSPS) is 14.1. The fourth-order valence-electron chi connectivity index (χ4n) is 4.27. The van der Waals surface area contributed by atoms with E-state index in [-0.39, 0.29) is 5.82 Å². The molecule has 3 nitrogen and oxygen atoms in total. The number of aliphatic hydroxyl groups is 1. The van der Waals surface area contributed by atoms with Gasteiger partial charge < -0.3 is 9.52 Å². The first-order valence-corrected chi connectivity index (χ1v) is 11.0. The molecule has 1 aliphatic carbocycles. The van der Waals surface area contributed by atoms with E-state index >= 15 is 0 Å². The van der Waals surface area contributed by atoms with Crippen LogP contribution >= 0.6 is 0 Å². The number of hydrogen-bond acceptors (Lipinski definition) is 3. The minimum Gasteiger partial charge on any atom is -0.461 e. The predicted octanol–water partition coefficient (Wildman–Crippen LogP) is 5.87. The van der Waals surface area contributed by atoms with E-state index in [0.29, 0.717) is 30.5 Å². The average molecular weight is 428 g/mol. The van der Waals surface area contributed by atoms with Crippen LogP contribution < -0.4 is 0 Å². The molecule has 1 heterocycles.